The van der Waals surface area contributed by atoms with Gasteiger partial charge in [-0.15, -0.1) is 10.2 Å². The predicted molar refractivity (Wildman–Crippen MR) is 63.6 cm³/mol. The van der Waals surface area contributed by atoms with Gasteiger partial charge in [0.15, 0.2) is 0 Å². The van der Waals surface area contributed by atoms with Crippen molar-refractivity contribution in [2.45, 2.75) is 57.8 Å². The van der Waals surface area contributed by atoms with E-state index in [1.807, 2.05) is 0 Å². The molecule has 2 aliphatic heterocycles. The molecule has 2 aliphatic rings. The number of ether oxygens (including phenoxy) is 1. The van der Waals surface area contributed by atoms with Gasteiger partial charge in [-0.2, -0.15) is 0 Å². The van der Waals surface area contributed by atoms with Gasteiger partial charge < -0.3 is 14.6 Å². The number of nitrogens with zero attached hydrogens (tertiary/aromatic N) is 3. The van der Waals surface area contributed by atoms with Crippen molar-refractivity contribution in [1.29, 1.82) is 0 Å². The van der Waals surface area contributed by atoms with Gasteiger partial charge in [0.25, 0.3) is 0 Å². The van der Waals surface area contributed by atoms with E-state index in [0.717, 1.165) is 44.2 Å². The Balaban J connectivity index is 1.63. The van der Waals surface area contributed by atoms with Crippen molar-refractivity contribution < 1.29 is 4.74 Å². The maximum absolute atomic E-state index is 5.54. The van der Waals surface area contributed by atoms with Crippen molar-refractivity contribution in [1.82, 2.24) is 20.1 Å². The Hall–Kier alpha value is -0.940. The SMILES string of the molecule is CC1OCCC1NCc1nnc2n1CCCC2. The van der Waals surface area contributed by atoms with Crippen LogP contribution in [-0.2, 0) is 24.2 Å². The molecule has 3 rings (SSSR count). The van der Waals surface area contributed by atoms with Gasteiger partial charge in [-0.3, -0.25) is 0 Å². The molecule has 0 amide bonds. The summed E-state index contributed by atoms with van der Waals surface area (Å²) in [6.07, 6.45) is 5.00. The third kappa shape index (κ3) is 2.21. The molecule has 0 aromatic carbocycles. The molecule has 1 saturated heterocycles. The van der Waals surface area contributed by atoms with Crippen LogP contribution >= 0.6 is 0 Å². The summed E-state index contributed by atoms with van der Waals surface area (Å²) in [5.41, 5.74) is 0. The molecule has 3 heterocycles. The van der Waals surface area contributed by atoms with Gasteiger partial charge in [0.1, 0.15) is 11.6 Å². The van der Waals surface area contributed by atoms with Crippen molar-refractivity contribution in [3.63, 3.8) is 0 Å². The summed E-state index contributed by atoms with van der Waals surface area (Å²) in [7, 11) is 0. The number of hydrogen-bond acceptors (Lipinski definition) is 4. The molecule has 1 N–H and O–H groups in total. The van der Waals surface area contributed by atoms with E-state index >= 15 is 0 Å². The second kappa shape index (κ2) is 4.74. The van der Waals surface area contributed by atoms with Crippen LogP contribution in [0.15, 0.2) is 0 Å². The van der Waals surface area contributed by atoms with Gasteiger partial charge in [0.2, 0.25) is 0 Å². The van der Waals surface area contributed by atoms with Crippen LogP contribution in [0.2, 0.25) is 0 Å². The van der Waals surface area contributed by atoms with Crippen molar-refractivity contribution >= 4 is 0 Å². The second-order valence-electron chi connectivity index (χ2n) is 4.99. The van der Waals surface area contributed by atoms with Gasteiger partial charge in [0.05, 0.1) is 12.6 Å². The normalized spacial score (nSPS) is 28.3. The van der Waals surface area contributed by atoms with E-state index in [0.29, 0.717) is 12.1 Å². The van der Waals surface area contributed by atoms with Crippen molar-refractivity contribution in [2.75, 3.05) is 6.61 Å². The van der Waals surface area contributed by atoms with Gasteiger partial charge in [0, 0.05) is 25.6 Å². The summed E-state index contributed by atoms with van der Waals surface area (Å²) in [5, 5.41) is 12.1. The standard InChI is InChI=1S/C12H20N4O/c1-9-10(5-7-17-9)13-8-12-15-14-11-4-2-3-6-16(11)12/h9-10,13H,2-8H2,1H3. The average molecular weight is 236 g/mol. The molecule has 94 valence electrons. The van der Waals surface area contributed by atoms with E-state index in [1.165, 1.54) is 12.8 Å². The fourth-order valence-corrected chi connectivity index (χ4v) is 2.72. The lowest BCUT2D eigenvalue weighted by Gasteiger charge is -2.18. The lowest BCUT2D eigenvalue weighted by molar-refractivity contribution is 0.113. The highest BCUT2D eigenvalue weighted by Gasteiger charge is 2.24. The van der Waals surface area contributed by atoms with Gasteiger partial charge in [-0.25, -0.2) is 0 Å². The molecular formula is C12H20N4O. The smallest absolute Gasteiger partial charge is 0.147 e. The van der Waals surface area contributed by atoms with E-state index in [-0.39, 0.29) is 0 Å². The van der Waals surface area contributed by atoms with E-state index in [1.54, 1.807) is 0 Å². The van der Waals surface area contributed by atoms with E-state index in [4.69, 9.17) is 4.74 Å². The third-order valence-electron chi connectivity index (χ3n) is 3.83. The van der Waals surface area contributed by atoms with E-state index in [2.05, 4.69) is 27.0 Å². The maximum Gasteiger partial charge on any atom is 0.147 e. The summed E-state index contributed by atoms with van der Waals surface area (Å²) in [6.45, 7) is 4.89. The molecule has 0 spiro atoms. The summed E-state index contributed by atoms with van der Waals surface area (Å²) < 4.78 is 7.82. The van der Waals surface area contributed by atoms with Crippen LogP contribution in [0.25, 0.3) is 0 Å². The third-order valence-corrected chi connectivity index (χ3v) is 3.83. The molecule has 5 heteroatoms. The average Bonchev–Trinajstić information content (AvgIpc) is 2.93. The van der Waals surface area contributed by atoms with E-state index < -0.39 is 0 Å². The number of nitrogens with one attached hydrogen (secondary N) is 1. The Labute approximate surface area is 102 Å². The van der Waals surface area contributed by atoms with Crippen LogP contribution in [0.1, 0.15) is 37.8 Å². The first kappa shape index (κ1) is 11.2. The van der Waals surface area contributed by atoms with E-state index in [9.17, 15) is 0 Å². The van der Waals surface area contributed by atoms with Crippen molar-refractivity contribution in [3.05, 3.63) is 11.6 Å². The highest BCUT2D eigenvalue weighted by molar-refractivity contribution is 4.99. The predicted octanol–water partition coefficient (Wildman–Crippen LogP) is 0.881. The number of fused-ring (bicyclic) bond motifs is 1. The fraction of sp³-hybridized carbons (Fsp3) is 0.833. The Kier molecular flexibility index (Phi) is 3.11. The van der Waals surface area contributed by atoms with Crippen LogP contribution in [0, 0.1) is 0 Å². The molecule has 0 radical (unpaired) electrons. The first-order chi connectivity index (χ1) is 8.34. The number of rotatable bonds is 3. The van der Waals surface area contributed by atoms with Gasteiger partial charge in [-0.05, 0) is 26.2 Å². The molecule has 2 unspecified atom stereocenters. The first-order valence-electron chi connectivity index (χ1n) is 6.60. The van der Waals surface area contributed by atoms with Crippen molar-refractivity contribution in [3.8, 4) is 0 Å². The maximum atomic E-state index is 5.54. The van der Waals surface area contributed by atoms with Gasteiger partial charge >= 0.3 is 0 Å². The Morgan fingerprint density at radius 1 is 1.41 bits per heavy atom. The Morgan fingerprint density at radius 3 is 3.18 bits per heavy atom. The lowest BCUT2D eigenvalue weighted by atomic mass is 10.1. The first-order valence-corrected chi connectivity index (χ1v) is 6.60. The zero-order chi connectivity index (χ0) is 11.7. The minimum Gasteiger partial charge on any atom is -0.377 e. The van der Waals surface area contributed by atoms with Crippen LogP contribution in [0.4, 0.5) is 0 Å². The lowest BCUT2D eigenvalue weighted by Crippen LogP contribution is -2.35. The highest BCUT2D eigenvalue weighted by atomic mass is 16.5. The fourth-order valence-electron chi connectivity index (χ4n) is 2.72. The summed E-state index contributed by atoms with van der Waals surface area (Å²) >= 11 is 0. The Bertz CT molecular complexity index is 390. The quantitative estimate of drug-likeness (QED) is 0.846. The molecule has 1 fully saturated rings. The number of aryl methyl sites for hydroxylation is 1. The zero-order valence-electron chi connectivity index (χ0n) is 10.4. The molecule has 2 atom stereocenters. The van der Waals surface area contributed by atoms with Crippen LogP contribution in [-0.4, -0.2) is 33.5 Å². The number of hydrogen-bond donors (Lipinski definition) is 1. The molecule has 17 heavy (non-hydrogen) atoms. The van der Waals surface area contributed by atoms with Crippen molar-refractivity contribution in [2.24, 2.45) is 0 Å². The molecule has 1 aromatic heterocycles. The summed E-state index contributed by atoms with van der Waals surface area (Å²) in [5.74, 6) is 2.24. The van der Waals surface area contributed by atoms with Crippen LogP contribution in [0.5, 0.6) is 0 Å². The summed E-state index contributed by atoms with van der Waals surface area (Å²) in [6, 6.07) is 0.464. The molecule has 5 nitrogen and oxygen atoms in total. The molecule has 0 aliphatic carbocycles. The van der Waals surface area contributed by atoms with Crippen LogP contribution in [0.3, 0.4) is 0 Å². The second-order valence-corrected chi connectivity index (χ2v) is 4.99. The largest absolute Gasteiger partial charge is 0.377 e. The minimum absolute atomic E-state index is 0.318. The van der Waals surface area contributed by atoms with Crippen LogP contribution < -0.4 is 5.32 Å². The number of aromatic nitrogens is 3. The summed E-state index contributed by atoms with van der Waals surface area (Å²) in [4.78, 5) is 0. The molecular weight excluding hydrogens is 216 g/mol. The Morgan fingerprint density at radius 2 is 2.35 bits per heavy atom. The minimum atomic E-state index is 0.318. The monoisotopic (exact) mass is 236 g/mol. The molecule has 0 saturated carbocycles. The zero-order valence-corrected chi connectivity index (χ0v) is 10.4. The molecule has 1 aromatic rings. The molecule has 0 bridgehead atoms. The van der Waals surface area contributed by atoms with Gasteiger partial charge in [-0.1, -0.05) is 0 Å². The topological polar surface area (TPSA) is 52.0 Å². The highest BCUT2D eigenvalue weighted by Crippen LogP contribution is 2.16.